The summed E-state index contributed by atoms with van der Waals surface area (Å²) in [6.07, 6.45) is 7.36. The minimum absolute atomic E-state index is 0.0223. The number of carbonyl (C=O) groups is 2. The number of aliphatic hydroxyl groups is 1. The van der Waals surface area contributed by atoms with Crippen molar-refractivity contribution in [1.82, 2.24) is 0 Å². The molecule has 0 bridgehead atoms. The van der Waals surface area contributed by atoms with Gasteiger partial charge in [0.25, 0.3) is 0 Å². The first-order valence-corrected chi connectivity index (χ1v) is 7.69. The zero-order valence-electron chi connectivity index (χ0n) is 13.8. The van der Waals surface area contributed by atoms with E-state index in [2.05, 4.69) is 0 Å². The van der Waals surface area contributed by atoms with Crippen LogP contribution in [0.5, 0.6) is 0 Å². The van der Waals surface area contributed by atoms with Crippen molar-refractivity contribution in [3.63, 3.8) is 0 Å². The lowest BCUT2D eigenvalue weighted by Gasteiger charge is -2.31. The predicted octanol–water partition coefficient (Wildman–Crippen LogP) is 3.42. The van der Waals surface area contributed by atoms with E-state index in [4.69, 9.17) is 0 Å². The van der Waals surface area contributed by atoms with Crippen LogP contribution in [0.3, 0.4) is 0 Å². The highest BCUT2D eigenvalue weighted by atomic mass is 16.4. The number of carboxylic acids is 1. The highest BCUT2D eigenvalue weighted by Crippen LogP contribution is 2.40. The van der Waals surface area contributed by atoms with Gasteiger partial charge in [0.05, 0.1) is 11.5 Å². The van der Waals surface area contributed by atoms with Crippen LogP contribution < -0.4 is 0 Å². The fourth-order valence-electron chi connectivity index (χ4n) is 2.62. The van der Waals surface area contributed by atoms with E-state index < -0.39 is 11.4 Å². The standard InChI is InChI=1S/C18H26O4/c1-12(6-5-7-13(2)19)8-9-15-14(3)16(20)10-11-18(15,4)17(21)22/h6,8-9,13,19H,5,7,10-11H2,1-4H3,(H,21,22)/b9-8-,12-6+/t13-,18+/m1/s1. The Balaban J connectivity index is 3.00. The maximum atomic E-state index is 11.9. The second kappa shape index (κ2) is 7.54. The topological polar surface area (TPSA) is 74.6 Å². The quantitative estimate of drug-likeness (QED) is 0.737. The van der Waals surface area contributed by atoms with E-state index in [1.54, 1.807) is 26.8 Å². The summed E-state index contributed by atoms with van der Waals surface area (Å²) in [6.45, 7) is 7.06. The molecule has 0 radical (unpaired) electrons. The van der Waals surface area contributed by atoms with E-state index in [-0.39, 0.29) is 18.3 Å². The van der Waals surface area contributed by atoms with Gasteiger partial charge in [-0.15, -0.1) is 0 Å². The van der Waals surface area contributed by atoms with Crippen molar-refractivity contribution >= 4 is 11.8 Å². The van der Waals surface area contributed by atoms with E-state index in [0.717, 1.165) is 12.0 Å². The number of carbonyl (C=O) groups excluding carboxylic acids is 1. The number of hydrogen-bond donors (Lipinski definition) is 2. The van der Waals surface area contributed by atoms with Crippen molar-refractivity contribution in [2.45, 2.75) is 59.5 Å². The smallest absolute Gasteiger partial charge is 0.313 e. The fraction of sp³-hybridized carbons (Fsp3) is 0.556. The molecule has 0 fully saturated rings. The summed E-state index contributed by atoms with van der Waals surface area (Å²) in [7, 11) is 0. The molecule has 0 saturated carbocycles. The summed E-state index contributed by atoms with van der Waals surface area (Å²) in [5, 5.41) is 18.8. The number of aliphatic carboxylic acids is 1. The van der Waals surface area contributed by atoms with Gasteiger partial charge in [-0.05, 0) is 58.1 Å². The summed E-state index contributed by atoms with van der Waals surface area (Å²) in [5.74, 6) is -0.871. The van der Waals surface area contributed by atoms with Crippen LogP contribution >= 0.6 is 0 Å². The SMILES string of the molecule is CC1=C(/C=C\C(C)=C\CC[C@@H](C)O)[C@@](C)(C(=O)O)CCC1=O. The molecule has 1 aliphatic rings. The van der Waals surface area contributed by atoms with Crippen molar-refractivity contribution < 1.29 is 19.8 Å². The molecule has 0 aromatic carbocycles. The van der Waals surface area contributed by atoms with Crippen molar-refractivity contribution in [2.24, 2.45) is 5.41 Å². The molecule has 4 heteroatoms. The molecule has 0 spiro atoms. The molecule has 0 saturated heterocycles. The van der Waals surface area contributed by atoms with Crippen LogP contribution in [0.2, 0.25) is 0 Å². The minimum atomic E-state index is -1.01. The molecule has 0 heterocycles. The van der Waals surface area contributed by atoms with Crippen molar-refractivity contribution in [1.29, 1.82) is 0 Å². The van der Waals surface area contributed by atoms with Crippen LogP contribution in [0.4, 0.5) is 0 Å². The number of Topliss-reactive ketones (excluding diaryl/α,β-unsaturated/α-hetero) is 1. The number of ketones is 1. The van der Waals surface area contributed by atoms with Gasteiger partial charge in [-0.25, -0.2) is 0 Å². The molecule has 2 N–H and O–H groups in total. The monoisotopic (exact) mass is 306 g/mol. The average Bonchev–Trinajstić information content (AvgIpc) is 2.42. The van der Waals surface area contributed by atoms with E-state index in [1.165, 1.54) is 0 Å². The molecule has 0 aromatic rings. The van der Waals surface area contributed by atoms with Crippen LogP contribution in [-0.4, -0.2) is 28.1 Å². The van der Waals surface area contributed by atoms with Gasteiger partial charge in [-0.3, -0.25) is 9.59 Å². The molecule has 0 aromatic heterocycles. The number of aliphatic hydroxyl groups excluding tert-OH is 1. The van der Waals surface area contributed by atoms with Gasteiger partial charge in [-0.1, -0.05) is 23.8 Å². The minimum Gasteiger partial charge on any atom is -0.481 e. The Labute approximate surface area is 132 Å². The normalized spacial score (nSPS) is 25.0. The largest absolute Gasteiger partial charge is 0.481 e. The third-order valence-electron chi connectivity index (χ3n) is 4.30. The Bertz CT molecular complexity index is 537. The molecular formula is C18H26O4. The Morgan fingerprint density at radius 3 is 2.64 bits per heavy atom. The maximum absolute atomic E-state index is 11.9. The lowest BCUT2D eigenvalue weighted by atomic mass is 9.70. The van der Waals surface area contributed by atoms with Gasteiger partial charge in [-0.2, -0.15) is 0 Å². The molecule has 0 amide bonds. The lowest BCUT2D eigenvalue weighted by molar-refractivity contribution is -0.146. The first-order chi connectivity index (χ1) is 10.2. The zero-order valence-corrected chi connectivity index (χ0v) is 13.8. The third kappa shape index (κ3) is 4.41. The fourth-order valence-corrected chi connectivity index (χ4v) is 2.62. The van der Waals surface area contributed by atoms with Gasteiger partial charge in [0, 0.05) is 6.42 Å². The van der Waals surface area contributed by atoms with E-state index >= 15 is 0 Å². The van der Waals surface area contributed by atoms with E-state index in [0.29, 0.717) is 24.0 Å². The number of carboxylic acid groups (broad SMARTS) is 1. The molecule has 0 aliphatic heterocycles. The molecule has 1 aliphatic carbocycles. The number of allylic oxidation sites excluding steroid dienone is 5. The molecule has 4 nitrogen and oxygen atoms in total. The highest BCUT2D eigenvalue weighted by molar-refractivity contribution is 6.00. The van der Waals surface area contributed by atoms with Gasteiger partial charge in [0.1, 0.15) is 0 Å². The van der Waals surface area contributed by atoms with Crippen molar-refractivity contribution in [3.8, 4) is 0 Å². The Hall–Kier alpha value is -1.68. The second-order valence-corrected chi connectivity index (χ2v) is 6.31. The number of rotatable bonds is 6. The highest BCUT2D eigenvalue weighted by Gasteiger charge is 2.41. The Morgan fingerprint density at radius 1 is 1.45 bits per heavy atom. The predicted molar refractivity (Wildman–Crippen MR) is 86.5 cm³/mol. The Kier molecular flexibility index (Phi) is 6.30. The molecule has 122 valence electrons. The first-order valence-electron chi connectivity index (χ1n) is 7.69. The van der Waals surface area contributed by atoms with Crippen molar-refractivity contribution in [3.05, 3.63) is 34.9 Å². The third-order valence-corrected chi connectivity index (χ3v) is 4.30. The summed E-state index contributed by atoms with van der Waals surface area (Å²) in [5.41, 5.74) is 1.13. The van der Waals surface area contributed by atoms with Crippen LogP contribution in [0.25, 0.3) is 0 Å². The molecular weight excluding hydrogens is 280 g/mol. The molecule has 22 heavy (non-hydrogen) atoms. The Morgan fingerprint density at radius 2 is 2.09 bits per heavy atom. The van der Waals surface area contributed by atoms with Crippen LogP contribution in [-0.2, 0) is 9.59 Å². The van der Waals surface area contributed by atoms with Gasteiger partial charge >= 0.3 is 5.97 Å². The summed E-state index contributed by atoms with van der Waals surface area (Å²) >= 11 is 0. The van der Waals surface area contributed by atoms with Gasteiger partial charge < -0.3 is 10.2 Å². The van der Waals surface area contributed by atoms with Crippen LogP contribution in [0.15, 0.2) is 34.9 Å². The molecule has 0 unspecified atom stereocenters. The summed E-state index contributed by atoms with van der Waals surface area (Å²) in [4.78, 5) is 23.5. The number of hydrogen-bond acceptors (Lipinski definition) is 3. The summed E-state index contributed by atoms with van der Waals surface area (Å²) in [6, 6.07) is 0. The second-order valence-electron chi connectivity index (χ2n) is 6.31. The van der Waals surface area contributed by atoms with Crippen molar-refractivity contribution in [2.75, 3.05) is 0 Å². The molecule has 1 rings (SSSR count). The first kappa shape index (κ1) is 18.4. The van der Waals surface area contributed by atoms with Crippen LogP contribution in [0, 0.1) is 5.41 Å². The van der Waals surface area contributed by atoms with E-state index in [1.807, 2.05) is 19.1 Å². The maximum Gasteiger partial charge on any atom is 0.313 e. The lowest BCUT2D eigenvalue weighted by Crippen LogP contribution is -2.34. The van der Waals surface area contributed by atoms with Gasteiger partial charge in [0.2, 0.25) is 0 Å². The zero-order chi connectivity index (χ0) is 16.9. The van der Waals surface area contributed by atoms with Crippen LogP contribution in [0.1, 0.15) is 53.4 Å². The average molecular weight is 306 g/mol. The van der Waals surface area contributed by atoms with E-state index in [9.17, 15) is 19.8 Å². The summed E-state index contributed by atoms with van der Waals surface area (Å²) < 4.78 is 0. The van der Waals surface area contributed by atoms with Gasteiger partial charge in [0.15, 0.2) is 5.78 Å². The molecule has 2 atom stereocenters.